The molecule has 1 aliphatic rings. The molecule has 4 atom stereocenters. The van der Waals surface area contributed by atoms with Gasteiger partial charge in [-0.1, -0.05) is 90.9 Å². The number of nitrogens with two attached hydrogens (primary N) is 1. The minimum absolute atomic E-state index is 0.150. The van der Waals surface area contributed by atoms with E-state index in [1.807, 2.05) is 0 Å². The second kappa shape index (κ2) is 19.1. The van der Waals surface area contributed by atoms with Gasteiger partial charge in [-0.05, 0) is 19.3 Å². The van der Waals surface area contributed by atoms with Gasteiger partial charge in [0, 0.05) is 13.3 Å². The molecule has 0 bridgehead atoms. The fraction of sp³-hybridized carbons (Fsp3) is 0.857. The average molecular weight is 511 g/mol. The fourth-order valence-corrected chi connectivity index (χ4v) is 4.76. The number of primary amides is 1. The van der Waals surface area contributed by atoms with Gasteiger partial charge in [-0.15, -0.1) is 0 Å². The molecule has 36 heavy (non-hydrogen) atoms. The lowest BCUT2D eigenvalue weighted by atomic mass is 9.86. The Morgan fingerprint density at radius 3 is 2.00 bits per heavy atom. The molecule has 208 valence electrons. The van der Waals surface area contributed by atoms with Crippen molar-refractivity contribution in [2.75, 3.05) is 0 Å². The molecule has 0 aromatic carbocycles. The maximum atomic E-state index is 12.8. The fourth-order valence-electron chi connectivity index (χ4n) is 4.76. The Labute approximate surface area is 217 Å². The molecule has 0 aromatic heterocycles. The Balaban J connectivity index is 2.63. The van der Waals surface area contributed by atoms with Crippen LogP contribution in [0.15, 0.2) is 0 Å². The van der Waals surface area contributed by atoms with Crippen LogP contribution in [0.25, 0.3) is 0 Å². The number of hydrogen-bond donors (Lipinski definition) is 2. The first-order valence-electron chi connectivity index (χ1n) is 14.2. The van der Waals surface area contributed by atoms with Crippen molar-refractivity contribution in [1.29, 1.82) is 0 Å². The first-order chi connectivity index (χ1) is 17.3. The van der Waals surface area contributed by atoms with Crippen LogP contribution in [0.2, 0.25) is 0 Å². The third-order valence-electron chi connectivity index (χ3n) is 6.86. The van der Waals surface area contributed by atoms with Gasteiger partial charge < -0.3 is 20.5 Å². The van der Waals surface area contributed by atoms with Crippen LogP contribution in [-0.4, -0.2) is 42.0 Å². The van der Waals surface area contributed by atoms with Gasteiger partial charge in [-0.25, -0.2) is 4.79 Å². The van der Waals surface area contributed by atoms with E-state index in [1.54, 1.807) is 0 Å². The lowest BCUT2D eigenvalue weighted by Crippen LogP contribution is -2.48. The Kier molecular flexibility index (Phi) is 16.9. The molecule has 0 saturated carbocycles. The van der Waals surface area contributed by atoms with Crippen LogP contribution >= 0.6 is 0 Å². The number of hydrogen-bond acceptors (Lipinski definition) is 6. The van der Waals surface area contributed by atoms with Crippen molar-refractivity contribution in [3.8, 4) is 0 Å². The van der Waals surface area contributed by atoms with Gasteiger partial charge in [0.05, 0.1) is 12.3 Å². The molecule has 8 heteroatoms. The van der Waals surface area contributed by atoms with Crippen LogP contribution in [-0.2, 0) is 28.7 Å². The Morgan fingerprint density at radius 2 is 1.47 bits per heavy atom. The van der Waals surface area contributed by atoms with Crippen LogP contribution in [0, 0.1) is 5.92 Å². The van der Waals surface area contributed by atoms with Crippen LogP contribution in [0.4, 0.5) is 0 Å². The van der Waals surface area contributed by atoms with Crippen molar-refractivity contribution >= 4 is 23.8 Å². The third kappa shape index (κ3) is 13.8. The Morgan fingerprint density at radius 1 is 0.917 bits per heavy atom. The molecule has 1 rings (SSSR count). The maximum absolute atomic E-state index is 12.8. The highest BCUT2D eigenvalue weighted by Crippen LogP contribution is 2.32. The average Bonchev–Trinajstić information content (AvgIpc) is 2.81. The van der Waals surface area contributed by atoms with Gasteiger partial charge in [0.2, 0.25) is 11.8 Å². The monoisotopic (exact) mass is 510 g/mol. The lowest BCUT2D eigenvalue weighted by Gasteiger charge is -2.37. The molecule has 1 aliphatic heterocycles. The number of amides is 2. The second-order valence-electron chi connectivity index (χ2n) is 10.3. The largest absolute Gasteiger partial charge is 0.461 e. The smallest absolute Gasteiger partial charge is 0.329 e. The first kappa shape index (κ1) is 31.9. The summed E-state index contributed by atoms with van der Waals surface area (Å²) in [5.41, 5.74) is 5.26. The van der Waals surface area contributed by atoms with Crippen molar-refractivity contribution in [2.24, 2.45) is 11.7 Å². The van der Waals surface area contributed by atoms with Crippen molar-refractivity contribution in [2.45, 2.75) is 148 Å². The van der Waals surface area contributed by atoms with E-state index in [1.165, 1.54) is 45.4 Å². The third-order valence-corrected chi connectivity index (χ3v) is 6.86. The van der Waals surface area contributed by atoms with Crippen LogP contribution in [0.1, 0.15) is 130 Å². The minimum atomic E-state index is -1.11. The van der Waals surface area contributed by atoms with E-state index in [2.05, 4.69) is 19.2 Å². The second-order valence-corrected chi connectivity index (χ2v) is 10.3. The number of cyclic esters (lactones) is 1. The number of esters is 2. The summed E-state index contributed by atoms with van der Waals surface area (Å²) in [6, 6.07) is -1.11. The van der Waals surface area contributed by atoms with E-state index in [-0.39, 0.29) is 24.4 Å². The van der Waals surface area contributed by atoms with E-state index in [0.29, 0.717) is 12.8 Å². The number of carbonyl (C=O) groups is 4. The molecule has 1 fully saturated rings. The highest BCUT2D eigenvalue weighted by molar-refractivity contribution is 5.88. The van der Waals surface area contributed by atoms with Crippen molar-refractivity contribution < 1.29 is 28.7 Å². The van der Waals surface area contributed by atoms with Crippen molar-refractivity contribution in [3.63, 3.8) is 0 Å². The van der Waals surface area contributed by atoms with Crippen molar-refractivity contribution in [1.82, 2.24) is 5.32 Å². The molecule has 2 amide bonds. The van der Waals surface area contributed by atoms with Crippen LogP contribution in [0.3, 0.4) is 0 Å². The minimum Gasteiger partial charge on any atom is -0.461 e. The predicted molar refractivity (Wildman–Crippen MR) is 140 cm³/mol. The summed E-state index contributed by atoms with van der Waals surface area (Å²) < 4.78 is 11.2. The highest BCUT2D eigenvalue weighted by Gasteiger charge is 2.43. The number of unbranched alkanes of at least 4 members (excludes halogenated alkanes) is 11. The molecule has 0 aliphatic carbocycles. The Hall–Kier alpha value is -2.12. The summed E-state index contributed by atoms with van der Waals surface area (Å²) in [6.45, 7) is 5.64. The zero-order valence-electron chi connectivity index (χ0n) is 22.9. The highest BCUT2D eigenvalue weighted by atomic mass is 16.6. The van der Waals surface area contributed by atoms with Gasteiger partial charge in [0.1, 0.15) is 18.2 Å². The van der Waals surface area contributed by atoms with Gasteiger partial charge in [-0.3, -0.25) is 14.4 Å². The maximum Gasteiger partial charge on any atom is 0.329 e. The number of ether oxygens (including phenoxy) is 2. The van der Waals surface area contributed by atoms with E-state index in [0.717, 1.165) is 51.4 Å². The molecule has 8 nitrogen and oxygen atoms in total. The van der Waals surface area contributed by atoms with Gasteiger partial charge >= 0.3 is 11.9 Å². The summed E-state index contributed by atoms with van der Waals surface area (Å²) in [6.07, 6.45) is 15.9. The summed E-state index contributed by atoms with van der Waals surface area (Å²) in [5.74, 6) is -2.12. The molecule has 1 heterocycles. The summed E-state index contributed by atoms with van der Waals surface area (Å²) in [7, 11) is 0. The molecule has 0 spiro atoms. The Bertz CT molecular complexity index is 652. The summed E-state index contributed by atoms with van der Waals surface area (Å²) in [5, 5.41) is 2.46. The topological polar surface area (TPSA) is 125 Å². The van der Waals surface area contributed by atoms with Gasteiger partial charge in [-0.2, -0.15) is 0 Å². The zero-order valence-corrected chi connectivity index (χ0v) is 22.9. The molecule has 0 radical (unpaired) electrons. The normalized spacial score (nSPS) is 18.6. The van der Waals surface area contributed by atoms with Crippen molar-refractivity contribution in [3.05, 3.63) is 0 Å². The molecular formula is C28H50N2O6. The van der Waals surface area contributed by atoms with E-state index < -0.39 is 29.9 Å². The van der Waals surface area contributed by atoms with Gasteiger partial charge in [0.15, 0.2) is 0 Å². The first-order valence-corrected chi connectivity index (χ1v) is 14.2. The zero-order chi connectivity index (χ0) is 26.8. The lowest BCUT2D eigenvalue weighted by molar-refractivity contribution is -0.190. The number of carbonyl (C=O) groups excluding carboxylic acids is 4. The quantitative estimate of drug-likeness (QED) is 0.154. The molecule has 0 aromatic rings. The molecule has 0 unspecified atom stereocenters. The van der Waals surface area contributed by atoms with E-state index in [9.17, 15) is 19.2 Å². The molecular weight excluding hydrogens is 460 g/mol. The predicted octanol–water partition coefficient (Wildman–Crippen LogP) is 5.10. The molecule has 1 saturated heterocycles. The summed E-state index contributed by atoms with van der Waals surface area (Å²) >= 11 is 0. The number of nitrogens with one attached hydrogen (secondary N) is 1. The summed E-state index contributed by atoms with van der Waals surface area (Å²) in [4.78, 5) is 47.8. The van der Waals surface area contributed by atoms with E-state index >= 15 is 0 Å². The van der Waals surface area contributed by atoms with E-state index in [4.69, 9.17) is 15.2 Å². The standard InChI is InChI=1S/C28H50N2O6/c1-4-6-8-10-11-12-13-14-15-17-22(35-28(34)24(20-26(29)32)30-21(3)31)19-25-23(27(33)36-25)18-16-9-7-5-2/h22-25H,4-20H2,1-3H3,(H2,29,32)(H,30,31)/t22-,23+,24+,25+/m1/s1. The van der Waals surface area contributed by atoms with Gasteiger partial charge in [0.25, 0.3) is 0 Å². The number of rotatable bonds is 22. The van der Waals surface area contributed by atoms with Crippen LogP contribution in [0.5, 0.6) is 0 Å². The SMILES string of the molecule is CCCCCCCCCCC[C@H](C[C@@H]1OC(=O)[C@H]1CCCCCC)OC(=O)[C@H](CC(N)=O)NC(C)=O. The van der Waals surface area contributed by atoms with Crippen LogP contribution < -0.4 is 11.1 Å². The molecule has 3 N–H and O–H groups in total.